The zero-order chi connectivity index (χ0) is 43.4. The summed E-state index contributed by atoms with van der Waals surface area (Å²) in [6.45, 7) is 1.89. The van der Waals surface area contributed by atoms with Crippen LogP contribution < -0.4 is 17.2 Å². The largest absolute Gasteiger partial charge is 0.465 e. The van der Waals surface area contributed by atoms with Crippen LogP contribution in [-0.4, -0.2) is 67.1 Å². The number of halogens is 1. The number of para-hydroxylation sites is 4. The Morgan fingerprint density at radius 3 is 1.23 bits per heavy atom. The van der Waals surface area contributed by atoms with Crippen molar-refractivity contribution in [3.05, 3.63) is 148 Å². The van der Waals surface area contributed by atoms with Gasteiger partial charge >= 0.3 is 23.9 Å². The molecule has 21 heteroatoms. The van der Waals surface area contributed by atoms with Crippen LogP contribution in [-0.2, 0) is 37.4 Å². The van der Waals surface area contributed by atoms with E-state index in [2.05, 4.69) is 34.9 Å². The Balaban J connectivity index is 0.000000381. The number of nitro groups is 3. The molecule has 20 nitrogen and oxygen atoms in total. The highest BCUT2D eigenvalue weighted by atomic mass is 79.9. The first kappa shape index (κ1) is 48.2. The molecule has 0 saturated carbocycles. The number of carbonyl (C=O) groups excluding carboxylic acids is 4. The quantitative estimate of drug-likeness (QED) is 0.0453. The molecule has 4 aromatic rings. The minimum atomic E-state index is -0.739. The Morgan fingerprint density at radius 2 is 0.860 bits per heavy atom. The lowest BCUT2D eigenvalue weighted by Crippen LogP contribution is -2.09. The molecule has 0 unspecified atom stereocenters. The summed E-state index contributed by atoms with van der Waals surface area (Å²) in [6, 6.07) is 18.5. The van der Waals surface area contributed by atoms with Crippen molar-refractivity contribution in [1.29, 1.82) is 0 Å². The topological polar surface area (TPSA) is 313 Å². The third kappa shape index (κ3) is 13.2. The number of esters is 4. The number of nitrogen functional groups attached to an aromatic ring is 1. The van der Waals surface area contributed by atoms with Gasteiger partial charge in [-0.3, -0.25) is 30.3 Å². The van der Waals surface area contributed by atoms with Gasteiger partial charge in [-0.25, -0.2) is 19.2 Å². The van der Waals surface area contributed by atoms with Gasteiger partial charge < -0.3 is 36.1 Å². The van der Waals surface area contributed by atoms with Crippen LogP contribution in [0, 0.1) is 37.3 Å². The Kier molecular flexibility index (Phi) is 20.1. The number of alkyl halides is 1. The van der Waals surface area contributed by atoms with Gasteiger partial charge in [0.2, 0.25) is 0 Å². The molecule has 4 rings (SSSR count). The van der Waals surface area contributed by atoms with Gasteiger partial charge in [-0.15, -0.1) is 0 Å². The van der Waals surface area contributed by atoms with Gasteiger partial charge in [0.15, 0.2) is 0 Å². The molecule has 6 N–H and O–H groups in total. The molecule has 0 heterocycles. The van der Waals surface area contributed by atoms with Crippen molar-refractivity contribution in [2.75, 3.05) is 34.2 Å². The minimum absolute atomic E-state index is 0.00114. The predicted molar refractivity (Wildman–Crippen MR) is 209 cm³/mol. The van der Waals surface area contributed by atoms with Gasteiger partial charge in [0, 0.05) is 35.1 Å². The molecule has 0 atom stereocenters. The van der Waals surface area contributed by atoms with Crippen LogP contribution in [0.3, 0.4) is 0 Å². The maximum Gasteiger partial charge on any atom is 0.344 e. The van der Waals surface area contributed by atoms with E-state index >= 15 is 0 Å². The van der Waals surface area contributed by atoms with E-state index in [-0.39, 0.29) is 40.3 Å². The Morgan fingerprint density at radius 1 is 0.544 bits per heavy atom. The summed E-state index contributed by atoms with van der Waals surface area (Å²) in [4.78, 5) is 75.3. The molecular formula is C36H39BrN6O14. The zero-order valence-corrected chi connectivity index (χ0v) is 32.8. The van der Waals surface area contributed by atoms with Crippen LogP contribution in [0.25, 0.3) is 0 Å². The number of anilines is 1. The summed E-state index contributed by atoms with van der Waals surface area (Å²) in [6.07, 6.45) is 0. The van der Waals surface area contributed by atoms with Crippen LogP contribution >= 0.6 is 15.9 Å². The molecule has 57 heavy (non-hydrogen) atoms. The second-order valence-corrected chi connectivity index (χ2v) is 11.3. The van der Waals surface area contributed by atoms with E-state index in [1.54, 1.807) is 49.4 Å². The smallest absolute Gasteiger partial charge is 0.344 e. The summed E-state index contributed by atoms with van der Waals surface area (Å²) in [5, 5.41) is 32.5. The number of nitrogens with two attached hydrogens (primary N) is 3. The van der Waals surface area contributed by atoms with Gasteiger partial charge in [0.25, 0.3) is 17.1 Å². The molecule has 0 spiro atoms. The summed E-state index contributed by atoms with van der Waals surface area (Å²) in [5.41, 5.74) is 18.4. The molecule has 304 valence electrons. The number of carbonyl (C=O) groups is 4. The summed E-state index contributed by atoms with van der Waals surface area (Å²) in [5.74, 6) is -2.57. The molecule has 0 aliphatic carbocycles. The van der Waals surface area contributed by atoms with Crippen LogP contribution in [0.1, 0.15) is 63.7 Å². The lowest BCUT2D eigenvalue weighted by atomic mass is 10.1. The van der Waals surface area contributed by atoms with E-state index in [4.69, 9.17) is 17.2 Å². The molecule has 0 aliphatic heterocycles. The molecule has 0 radical (unpaired) electrons. The number of aryl methyl sites for hydroxylation is 1. The van der Waals surface area contributed by atoms with Gasteiger partial charge in [-0.05, 0) is 36.8 Å². The lowest BCUT2D eigenvalue weighted by Gasteiger charge is -2.07. The Labute approximate surface area is 333 Å². The van der Waals surface area contributed by atoms with Gasteiger partial charge in [0.05, 0.1) is 54.5 Å². The zero-order valence-electron chi connectivity index (χ0n) is 31.2. The van der Waals surface area contributed by atoms with Crippen LogP contribution in [0.15, 0.2) is 72.8 Å². The number of methoxy groups -OCH3 is 4. The first-order valence-electron chi connectivity index (χ1n) is 15.9. The molecular weight excluding hydrogens is 820 g/mol. The fourth-order valence-corrected chi connectivity index (χ4v) is 5.14. The summed E-state index contributed by atoms with van der Waals surface area (Å²) in [7, 11) is 4.86. The number of benzene rings is 4. The average molecular weight is 860 g/mol. The van der Waals surface area contributed by atoms with Crippen molar-refractivity contribution in [3.8, 4) is 0 Å². The van der Waals surface area contributed by atoms with Gasteiger partial charge in [-0.2, -0.15) is 0 Å². The standard InChI is InChI=1S/C9H8BrNO4.C9H10N2O4.C9H12N2O2.C9H9NO4/c2*1-15-9(12)7-4-2-3-6(5-10)8(7)11(13)14;1-13-9(12)7-4-2-3-6(5-10)8(7)11;1-6-4-3-5-7(9(11)14-2)8(6)10(12)13/h2-4H,5H2,1H3;2-4H,5,10H2,1H3;2-4H,5,10-11H2,1H3;3-5H,1-2H3. The molecule has 0 aliphatic rings. The molecule has 4 aromatic carbocycles. The predicted octanol–water partition coefficient (Wildman–Crippen LogP) is 5.32. The summed E-state index contributed by atoms with van der Waals surface area (Å²) < 4.78 is 17.9. The Hall–Kier alpha value is -6.84. The number of hydrogen-bond acceptors (Lipinski definition) is 17. The molecule has 0 saturated heterocycles. The third-order valence-electron chi connectivity index (χ3n) is 7.43. The van der Waals surface area contributed by atoms with Gasteiger partial charge in [-0.1, -0.05) is 64.5 Å². The average Bonchev–Trinajstić information content (AvgIpc) is 3.22. The molecule has 0 amide bonds. The van der Waals surface area contributed by atoms with Crippen LogP contribution in [0.4, 0.5) is 22.7 Å². The van der Waals surface area contributed by atoms with Crippen molar-refractivity contribution in [2.24, 2.45) is 11.5 Å². The number of ether oxygens (including phenoxy) is 4. The van der Waals surface area contributed by atoms with Crippen LogP contribution in [0.2, 0.25) is 0 Å². The highest BCUT2D eigenvalue weighted by Crippen LogP contribution is 2.27. The van der Waals surface area contributed by atoms with Gasteiger partial charge in [0.1, 0.15) is 16.7 Å². The minimum Gasteiger partial charge on any atom is -0.465 e. The molecule has 0 fully saturated rings. The number of nitrogens with zero attached hydrogens (tertiary/aromatic N) is 3. The fourth-order valence-electron chi connectivity index (χ4n) is 4.69. The van der Waals surface area contributed by atoms with Crippen molar-refractivity contribution >= 4 is 62.6 Å². The van der Waals surface area contributed by atoms with Crippen molar-refractivity contribution in [3.63, 3.8) is 0 Å². The Bertz CT molecular complexity index is 2030. The van der Waals surface area contributed by atoms with E-state index in [1.165, 1.54) is 58.8 Å². The first-order valence-corrected chi connectivity index (χ1v) is 17.1. The van der Waals surface area contributed by atoms with E-state index in [9.17, 15) is 49.5 Å². The van der Waals surface area contributed by atoms with E-state index < -0.39 is 38.6 Å². The number of hydrogen-bond donors (Lipinski definition) is 3. The maximum absolute atomic E-state index is 11.3. The lowest BCUT2D eigenvalue weighted by molar-refractivity contribution is -0.386. The van der Waals surface area contributed by atoms with E-state index in [1.807, 2.05) is 0 Å². The number of nitro benzene ring substituents is 3. The van der Waals surface area contributed by atoms with E-state index in [0.29, 0.717) is 39.8 Å². The molecule has 0 bridgehead atoms. The normalized spacial score (nSPS) is 9.68. The first-order chi connectivity index (χ1) is 27.0. The summed E-state index contributed by atoms with van der Waals surface area (Å²) >= 11 is 3.13. The maximum atomic E-state index is 11.3. The monoisotopic (exact) mass is 858 g/mol. The fraction of sp³-hybridized carbons (Fsp3) is 0.222. The third-order valence-corrected chi connectivity index (χ3v) is 8.03. The van der Waals surface area contributed by atoms with Crippen LogP contribution in [0.5, 0.6) is 0 Å². The molecule has 0 aromatic heterocycles. The number of rotatable bonds is 10. The highest BCUT2D eigenvalue weighted by Gasteiger charge is 2.25. The second kappa shape index (κ2) is 23.8. The van der Waals surface area contributed by atoms with E-state index in [0.717, 1.165) is 5.56 Å². The second-order valence-electron chi connectivity index (χ2n) is 10.8. The van der Waals surface area contributed by atoms with Crippen molar-refractivity contribution < 1.29 is 52.9 Å². The SMILES string of the molecule is COC(=O)c1cccc(C)c1[N+](=O)[O-].COC(=O)c1cccc(CBr)c1[N+](=O)[O-].COC(=O)c1cccc(CN)c1N.COC(=O)c1cccc(CN)c1[N+](=O)[O-]. The van der Waals surface area contributed by atoms with Crippen molar-refractivity contribution in [2.45, 2.75) is 25.3 Å². The highest BCUT2D eigenvalue weighted by molar-refractivity contribution is 9.08. The van der Waals surface area contributed by atoms with Crippen molar-refractivity contribution in [1.82, 2.24) is 0 Å².